The van der Waals surface area contributed by atoms with Crippen molar-refractivity contribution in [3.8, 4) is 0 Å². The van der Waals surface area contributed by atoms with Crippen LogP contribution in [-0.2, 0) is 0 Å². The summed E-state index contributed by atoms with van der Waals surface area (Å²) in [7, 11) is 0. The second-order valence-electron chi connectivity index (χ2n) is 3.64. The number of H-pyrrole nitrogens is 1. The number of hydrogen-bond acceptors (Lipinski definition) is 5. The summed E-state index contributed by atoms with van der Waals surface area (Å²) in [5, 5.41) is 3.23. The number of nitrogens with one attached hydrogen (secondary N) is 2. The first-order chi connectivity index (χ1) is 7.18. The molecule has 0 bridgehead atoms. The molecule has 0 unspecified atom stereocenters. The number of aromatic amines is 1. The minimum atomic E-state index is -0.156. The van der Waals surface area contributed by atoms with Gasteiger partial charge in [-0.2, -0.15) is 4.98 Å². The molecule has 1 aliphatic heterocycles. The van der Waals surface area contributed by atoms with E-state index >= 15 is 0 Å². The Morgan fingerprint density at radius 3 is 2.67 bits per heavy atom. The Labute approximate surface area is 87.5 Å². The van der Waals surface area contributed by atoms with Crippen molar-refractivity contribution < 1.29 is 0 Å². The number of nitrogen functional groups attached to an aromatic ring is 1. The molecule has 1 fully saturated rings. The van der Waals surface area contributed by atoms with E-state index in [0.717, 1.165) is 26.2 Å². The van der Waals surface area contributed by atoms with Gasteiger partial charge >= 0.3 is 0 Å². The lowest BCUT2D eigenvalue weighted by molar-refractivity contribution is 0.579. The van der Waals surface area contributed by atoms with Gasteiger partial charge in [-0.05, 0) is 6.92 Å². The first-order valence-corrected chi connectivity index (χ1v) is 5.00. The third kappa shape index (κ3) is 1.94. The average molecular weight is 209 g/mol. The van der Waals surface area contributed by atoms with Crippen LogP contribution in [0.15, 0.2) is 4.79 Å². The monoisotopic (exact) mass is 209 g/mol. The molecule has 1 saturated heterocycles. The SMILES string of the molecule is Cc1c(N)nc(N2CCNCC2)[nH]c1=O. The van der Waals surface area contributed by atoms with E-state index in [4.69, 9.17) is 5.73 Å². The molecule has 2 heterocycles. The molecule has 6 heteroatoms. The molecule has 0 radical (unpaired) electrons. The minimum Gasteiger partial charge on any atom is -0.383 e. The van der Waals surface area contributed by atoms with Gasteiger partial charge in [-0.25, -0.2) is 0 Å². The summed E-state index contributed by atoms with van der Waals surface area (Å²) in [4.78, 5) is 20.4. The molecule has 0 aromatic carbocycles. The predicted molar refractivity (Wildman–Crippen MR) is 59.1 cm³/mol. The van der Waals surface area contributed by atoms with Gasteiger partial charge in [0.2, 0.25) is 5.95 Å². The first kappa shape index (κ1) is 9.97. The summed E-state index contributed by atoms with van der Waals surface area (Å²) >= 11 is 0. The number of nitrogens with two attached hydrogens (primary N) is 1. The van der Waals surface area contributed by atoms with Crippen molar-refractivity contribution in [1.82, 2.24) is 15.3 Å². The molecule has 0 amide bonds. The Bertz CT molecular complexity index is 407. The van der Waals surface area contributed by atoms with Gasteiger partial charge in [0.25, 0.3) is 5.56 Å². The smallest absolute Gasteiger partial charge is 0.257 e. The normalized spacial score (nSPS) is 16.7. The fraction of sp³-hybridized carbons (Fsp3) is 0.556. The lowest BCUT2D eigenvalue weighted by atomic mass is 10.3. The molecule has 2 rings (SSSR count). The Morgan fingerprint density at radius 1 is 1.40 bits per heavy atom. The van der Waals surface area contributed by atoms with Gasteiger partial charge in [0.1, 0.15) is 5.82 Å². The minimum absolute atomic E-state index is 0.156. The van der Waals surface area contributed by atoms with Crippen LogP contribution in [0, 0.1) is 6.92 Å². The standard InChI is InChI=1S/C9H15N5O/c1-6-7(10)12-9(13-8(6)15)14-4-2-11-3-5-14/h11H,2-5H2,1H3,(H3,10,12,13,15). The van der Waals surface area contributed by atoms with Crippen molar-refractivity contribution in [2.45, 2.75) is 6.92 Å². The van der Waals surface area contributed by atoms with Crippen molar-refractivity contribution >= 4 is 11.8 Å². The molecule has 0 aliphatic carbocycles. The Balaban J connectivity index is 2.32. The van der Waals surface area contributed by atoms with Gasteiger partial charge in [-0.3, -0.25) is 9.78 Å². The summed E-state index contributed by atoms with van der Waals surface area (Å²) in [6.07, 6.45) is 0. The summed E-state index contributed by atoms with van der Waals surface area (Å²) < 4.78 is 0. The van der Waals surface area contributed by atoms with E-state index in [1.54, 1.807) is 6.92 Å². The molecule has 0 saturated carbocycles. The summed E-state index contributed by atoms with van der Waals surface area (Å²) in [6.45, 7) is 5.15. The summed E-state index contributed by atoms with van der Waals surface area (Å²) in [6, 6.07) is 0. The van der Waals surface area contributed by atoms with Crippen LogP contribution < -0.4 is 21.5 Å². The number of hydrogen-bond donors (Lipinski definition) is 3. The largest absolute Gasteiger partial charge is 0.383 e. The van der Waals surface area contributed by atoms with Crippen LogP contribution in [0.2, 0.25) is 0 Å². The first-order valence-electron chi connectivity index (χ1n) is 5.00. The molecule has 4 N–H and O–H groups in total. The zero-order chi connectivity index (χ0) is 10.8. The second kappa shape index (κ2) is 3.90. The second-order valence-corrected chi connectivity index (χ2v) is 3.64. The van der Waals surface area contributed by atoms with Crippen LogP contribution in [0.1, 0.15) is 5.56 Å². The third-order valence-corrected chi connectivity index (χ3v) is 2.59. The Morgan fingerprint density at radius 2 is 2.07 bits per heavy atom. The molecule has 15 heavy (non-hydrogen) atoms. The molecule has 0 spiro atoms. The number of anilines is 2. The zero-order valence-corrected chi connectivity index (χ0v) is 8.71. The molecule has 1 aromatic heterocycles. The van der Waals surface area contributed by atoms with E-state index in [-0.39, 0.29) is 5.56 Å². The molecule has 6 nitrogen and oxygen atoms in total. The van der Waals surface area contributed by atoms with E-state index in [0.29, 0.717) is 17.3 Å². The van der Waals surface area contributed by atoms with Gasteiger partial charge in [-0.1, -0.05) is 0 Å². The number of rotatable bonds is 1. The Hall–Kier alpha value is -1.56. The van der Waals surface area contributed by atoms with Gasteiger partial charge in [0, 0.05) is 26.2 Å². The fourth-order valence-electron chi connectivity index (χ4n) is 1.56. The molecule has 0 atom stereocenters. The van der Waals surface area contributed by atoms with Crippen LogP contribution >= 0.6 is 0 Å². The topological polar surface area (TPSA) is 87.0 Å². The van der Waals surface area contributed by atoms with Crippen LogP contribution in [0.25, 0.3) is 0 Å². The molecule has 1 aromatic rings. The van der Waals surface area contributed by atoms with Crippen LogP contribution in [0.5, 0.6) is 0 Å². The molecular weight excluding hydrogens is 194 g/mol. The van der Waals surface area contributed by atoms with Crippen molar-refractivity contribution in [3.63, 3.8) is 0 Å². The van der Waals surface area contributed by atoms with Crippen molar-refractivity contribution in [2.24, 2.45) is 0 Å². The van der Waals surface area contributed by atoms with Crippen molar-refractivity contribution in [2.75, 3.05) is 36.8 Å². The quantitative estimate of drug-likeness (QED) is 0.556. The van der Waals surface area contributed by atoms with E-state index in [1.165, 1.54) is 0 Å². The van der Waals surface area contributed by atoms with Crippen molar-refractivity contribution in [3.05, 3.63) is 15.9 Å². The van der Waals surface area contributed by atoms with E-state index in [9.17, 15) is 4.79 Å². The van der Waals surface area contributed by atoms with Crippen LogP contribution in [0.3, 0.4) is 0 Å². The lowest BCUT2D eigenvalue weighted by Gasteiger charge is -2.27. The van der Waals surface area contributed by atoms with E-state index < -0.39 is 0 Å². The lowest BCUT2D eigenvalue weighted by Crippen LogP contribution is -2.44. The maximum Gasteiger partial charge on any atom is 0.257 e. The number of piperazine rings is 1. The number of nitrogens with zero attached hydrogens (tertiary/aromatic N) is 2. The maximum atomic E-state index is 11.5. The highest BCUT2D eigenvalue weighted by atomic mass is 16.1. The maximum absolute atomic E-state index is 11.5. The van der Waals surface area contributed by atoms with Gasteiger partial charge in [-0.15, -0.1) is 0 Å². The summed E-state index contributed by atoms with van der Waals surface area (Å²) in [5.74, 6) is 0.886. The average Bonchev–Trinajstić information content (AvgIpc) is 2.26. The molecule has 1 aliphatic rings. The van der Waals surface area contributed by atoms with Crippen LogP contribution in [0.4, 0.5) is 11.8 Å². The van der Waals surface area contributed by atoms with E-state index in [2.05, 4.69) is 15.3 Å². The Kier molecular flexibility index (Phi) is 2.59. The van der Waals surface area contributed by atoms with E-state index in [1.807, 2.05) is 4.90 Å². The summed E-state index contributed by atoms with van der Waals surface area (Å²) in [5.41, 5.74) is 5.98. The highest BCUT2D eigenvalue weighted by molar-refractivity contribution is 5.43. The van der Waals surface area contributed by atoms with Crippen LogP contribution in [-0.4, -0.2) is 36.1 Å². The number of aromatic nitrogens is 2. The molecular formula is C9H15N5O. The molecule has 82 valence electrons. The van der Waals surface area contributed by atoms with Gasteiger partial charge in [0.05, 0.1) is 5.56 Å². The highest BCUT2D eigenvalue weighted by Crippen LogP contribution is 2.09. The van der Waals surface area contributed by atoms with Crippen molar-refractivity contribution in [1.29, 1.82) is 0 Å². The van der Waals surface area contributed by atoms with Gasteiger partial charge < -0.3 is 16.0 Å². The predicted octanol–water partition coefficient (Wildman–Crippen LogP) is -0.930. The zero-order valence-electron chi connectivity index (χ0n) is 8.71. The van der Waals surface area contributed by atoms with Gasteiger partial charge in [0.15, 0.2) is 0 Å². The fourth-order valence-corrected chi connectivity index (χ4v) is 1.56. The third-order valence-electron chi connectivity index (χ3n) is 2.59. The highest BCUT2D eigenvalue weighted by Gasteiger charge is 2.14.